The zero-order chi connectivity index (χ0) is 20.4. The number of carbonyl (C=O) groups excluding carboxylic acids is 1. The average Bonchev–Trinajstić information content (AvgIpc) is 3.06. The Kier molecular flexibility index (Phi) is 5.28. The van der Waals surface area contributed by atoms with Crippen molar-refractivity contribution < 1.29 is 32.5 Å². The van der Waals surface area contributed by atoms with Crippen molar-refractivity contribution in [3.63, 3.8) is 0 Å². The van der Waals surface area contributed by atoms with Crippen LogP contribution in [0, 0.1) is 0 Å². The lowest BCUT2D eigenvalue weighted by Crippen LogP contribution is -2.57. The molecule has 1 aliphatic heterocycles. The van der Waals surface area contributed by atoms with Crippen LogP contribution < -0.4 is 9.47 Å². The predicted molar refractivity (Wildman–Crippen MR) is 93.9 cm³/mol. The molecule has 2 aromatic carbocycles. The highest BCUT2D eigenvalue weighted by atomic mass is 19.4. The number of nitrogens with zero attached hydrogens (tertiary/aromatic N) is 2. The molecule has 1 amide bonds. The van der Waals surface area contributed by atoms with E-state index in [4.69, 9.17) is 9.47 Å². The van der Waals surface area contributed by atoms with E-state index in [9.17, 15) is 23.1 Å². The summed E-state index contributed by atoms with van der Waals surface area (Å²) in [6.45, 7) is -0.760. The van der Waals surface area contributed by atoms with Gasteiger partial charge in [0.25, 0.3) is 11.6 Å². The van der Waals surface area contributed by atoms with E-state index in [-0.39, 0.29) is 16.5 Å². The van der Waals surface area contributed by atoms with Gasteiger partial charge in [-0.25, -0.2) is 0 Å². The van der Waals surface area contributed by atoms with E-state index in [2.05, 4.69) is 5.10 Å². The highest BCUT2D eigenvalue weighted by Gasteiger charge is 2.63. The fraction of sp³-hybridized carbons (Fsp3) is 0.263. The molecule has 0 bridgehead atoms. The van der Waals surface area contributed by atoms with E-state index in [0.29, 0.717) is 11.3 Å². The molecule has 0 saturated heterocycles. The molecule has 0 saturated carbocycles. The molecule has 1 aliphatic rings. The Bertz CT molecular complexity index is 886. The summed E-state index contributed by atoms with van der Waals surface area (Å²) in [5.74, 6) is -0.645. The SMILES string of the molecule is COc1ccccc1OCC(=O)N1N=C(c2ccccc2)CC1(O)C(F)(F)F. The van der Waals surface area contributed by atoms with Crippen molar-refractivity contribution in [1.82, 2.24) is 5.01 Å². The minimum atomic E-state index is -5.10. The van der Waals surface area contributed by atoms with Gasteiger partial charge in [-0.15, -0.1) is 0 Å². The molecule has 0 radical (unpaired) electrons. The summed E-state index contributed by atoms with van der Waals surface area (Å²) in [5.41, 5.74) is -3.11. The number of halogens is 3. The third kappa shape index (κ3) is 3.65. The van der Waals surface area contributed by atoms with Crippen LogP contribution in [0.2, 0.25) is 0 Å². The number of ether oxygens (including phenoxy) is 2. The number of amides is 1. The lowest BCUT2D eigenvalue weighted by Gasteiger charge is -2.32. The molecule has 148 valence electrons. The second-order valence-corrected chi connectivity index (χ2v) is 6.05. The van der Waals surface area contributed by atoms with Gasteiger partial charge in [0.05, 0.1) is 19.2 Å². The van der Waals surface area contributed by atoms with E-state index in [1.807, 2.05) is 0 Å². The number of hydrazone groups is 1. The minimum Gasteiger partial charge on any atom is -0.493 e. The molecule has 0 spiro atoms. The van der Waals surface area contributed by atoms with E-state index in [0.717, 1.165) is 0 Å². The molecule has 0 fully saturated rings. The molecular formula is C19H17F3N2O4. The second kappa shape index (κ2) is 7.51. The summed E-state index contributed by atoms with van der Waals surface area (Å²) in [5, 5.41) is 14.1. The van der Waals surface area contributed by atoms with E-state index in [1.165, 1.54) is 13.2 Å². The van der Waals surface area contributed by atoms with Gasteiger partial charge in [-0.3, -0.25) is 4.79 Å². The van der Waals surface area contributed by atoms with Gasteiger partial charge < -0.3 is 14.6 Å². The first kappa shape index (κ1) is 19.7. The predicted octanol–water partition coefficient (Wildman–Crippen LogP) is 2.96. The Morgan fingerprint density at radius 2 is 1.75 bits per heavy atom. The third-order valence-electron chi connectivity index (χ3n) is 4.20. The third-order valence-corrected chi connectivity index (χ3v) is 4.20. The molecule has 1 N–H and O–H groups in total. The topological polar surface area (TPSA) is 71.4 Å². The number of carbonyl (C=O) groups is 1. The van der Waals surface area contributed by atoms with Gasteiger partial charge in [0.1, 0.15) is 0 Å². The van der Waals surface area contributed by atoms with Crippen LogP contribution in [-0.2, 0) is 4.79 Å². The number of para-hydroxylation sites is 2. The number of aliphatic hydroxyl groups is 1. The molecule has 28 heavy (non-hydrogen) atoms. The van der Waals surface area contributed by atoms with Crippen molar-refractivity contribution in [2.75, 3.05) is 13.7 Å². The molecule has 1 unspecified atom stereocenters. The van der Waals surface area contributed by atoms with Crippen molar-refractivity contribution in [3.8, 4) is 11.5 Å². The maximum atomic E-state index is 13.5. The average molecular weight is 394 g/mol. The van der Waals surface area contributed by atoms with Crippen molar-refractivity contribution in [2.45, 2.75) is 18.3 Å². The molecule has 3 rings (SSSR count). The Labute approximate surface area is 158 Å². The molecule has 2 aromatic rings. The Morgan fingerprint density at radius 1 is 1.14 bits per heavy atom. The van der Waals surface area contributed by atoms with Gasteiger partial charge in [0.2, 0.25) is 0 Å². The molecule has 1 heterocycles. The molecule has 0 aliphatic carbocycles. The van der Waals surface area contributed by atoms with Crippen LogP contribution in [0.5, 0.6) is 11.5 Å². The number of alkyl halides is 3. The smallest absolute Gasteiger partial charge is 0.438 e. The maximum absolute atomic E-state index is 13.5. The standard InChI is InChI=1S/C19H17F3N2O4/c1-27-15-9-5-6-10-16(15)28-12-17(25)24-18(26,19(20,21)22)11-14(23-24)13-7-3-2-4-8-13/h2-10,26H,11-12H2,1H3. The van der Waals surface area contributed by atoms with Gasteiger partial charge in [0, 0.05) is 0 Å². The maximum Gasteiger partial charge on any atom is 0.438 e. The first-order chi connectivity index (χ1) is 13.3. The van der Waals surface area contributed by atoms with Crippen LogP contribution in [-0.4, -0.2) is 47.4 Å². The first-order valence-corrected chi connectivity index (χ1v) is 8.27. The number of hydrogen-bond donors (Lipinski definition) is 1. The van der Waals surface area contributed by atoms with Crippen LogP contribution in [0.15, 0.2) is 59.7 Å². The second-order valence-electron chi connectivity index (χ2n) is 6.05. The summed E-state index contributed by atoms with van der Waals surface area (Å²) in [4.78, 5) is 12.5. The van der Waals surface area contributed by atoms with E-state index < -0.39 is 30.8 Å². The van der Waals surface area contributed by atoms with E-state index >= 15 is 0 Å². The normalized spacial score (nSPS) is 19.3. The largest absolute Gasteiger partial charge is 0.493 e. The number of hydrogen-bond acceptors (Lipinski definition) is 5. The summed E-state index contributed by atoms with van der Waals surface area (Å²) >= 11 is 0. The molecule has 9 heteroatoms. The molecule has 6 nitrogen and oxygen atoms in total. The zero-order valence-electron chi connectivity index (χ0n) is 14.8. The van der Waals surface area contributed by atoms with E-state index in [1.54, 1.807) is 48.5 Å². The summed E-state index contributed by atoms with van der Waals surface area (Å²) in [6.07, 6.45) is -5.98. The number of methoxy groups -OCH3 is 1. The van der Waals surface area contributed by atoms with Crippen molar-refractivity contribution in [2.24, 2.45) is 5.10 Å². The van der Waals surface area contributed by atoms with Crippen LogP contribution in [0.4, 0.5) is 13.2 Å². The van der Waals surface area contributed by atoms with Gasteiger partial charge in [-0.2, -0.15) is 23.3 Å². The fourth-order valence-corrected chi connectivity index (χ4v) is 2.76. The van der Waals surface area contributed by atoms with Crippen molar-refractivity contribution in [3.05, 3.63) is 60.2 Å². The molecular weight excluding hydrogens is 377 g/mol. The van der Waals surface area contributed by atoms with Gasteiger partial charge in [-0.1, -0.05) is 42.5 Å². The number of benzene rings is 2. The highest BCUT2D eigenvalue weighted by molar-refractivity contribution is 6.03. The first-order valence-electron chi connectivity index (χ1n) is 8.27. The van der Waals surface area contributed by atoms with Crippen LogP contribution in [0.1, 0.15) is 12.0 Å². The van der Waals surface area contributed by atoms with Crippen LogP contribution in [0.3, 0.4) is 0 Å². The monoisotopic (exact) mass is 394 g/mol. The molecule has 0 aromatic heterocycles. The Morgan fingerprint density at radius 3 is 2.36 bits per heavy atom. The summed E-state index contributed by atoms with van der Waals surface area (Å²) in [6, 6.07) is 14.4. The van der Waals surface area contributed by atoms with Crippen molar-refractivity contribution >= 4 is 11.6 Å². The van der Waals surface area contributed by atoms with Crippen LogP contribution >= 0.6 is 0 Å². The Balaban J connectivity index is 1.85. The van der Waals surface area contributed by atoms with Gasteiger partial charge >= 0.3 is 6.18 Å². The van der Waals surface area contributed by atoms with Gasteiger partial charge in [-0.05, 0) is 17.7 Å². The zero-order valence-corrected chi connectivity index (χ0v) is 14.8. The lowest BCUT2D eigenvalue weighted by molar-refractivity contribution is -0.302. The quantitative estimate of drug-likeness (QED) is 0.847. The fourth-order valence-electron chi connectivity index (χ4n) is 2.76. The summed E-state index contributed by atoms with van der Waals surface area (Å²) < 4.78 is 51.0. The van der Waals surface area contributed by atoms with Crippen molar-refractivity contribution in [1.29, 1.82) is 0 Å². The number of rotatable bonds is 5. The molecule has 1 atom stereocenters. The lowest BCUT2D eigenvalue weighted by atomic mass is 10.0. The van der Waals surface area contributed by atoms with Crippen LogP contribution in [0.25, 0.3) is 0 Å². The highest BCUT2D eigenvalue weighted by Crippen LogP contribution is 2.41. The summed E-state index contributed by atoms with van der Waals surface area (Å²) in [7, 11) is 1.39. The van der Waals surface area contributed by atoms with Gasteiger partial charge in [0.15, 0.2) is 18.1 Å². The Hall–Kier alpha value is -3.07. The minimum absolute atomic E-state index is 0.0464.